The average molecular weight is 248 g/mol. The Bertz CT molecular complexity index is 156. The van der Waals surface area contributed by atoms with E-state index in [1.807, 2.05) is 0 Å². The summed E-state index contributed by atoms with van der Waals surface area (Å²) in [5.41, 5.74) is 0.259. The van der Waals surface area contributed by atoms with Gasteiger partial charge in [-0.25, -0.2) is 0 Å². The van der Waals surface area contributed by atoms with Gasteiger partial charge in [-0.05, 0) is 25.5 Å². The van der Waals surface area contributed by atoms with Crippen LogP contribution in [0.3, 0.4) is 0 Å². The van der Waals surface area contributed by atoms with Gasteiger partial charge in [0.25, 0.3) is 0 Å². The molecule has 0 saturated carbocycles. The van der Waals surface area contributed by atoms with Crippen LogP contribution in [0.25, 0.3) is 0 Å². The first kappa shape index (κ1) is 16.3. The molecular weight excluding hydrogens is 220 g/mol. The zero-order valence-electron chi connectivity index (χ0n) is 11.3. The summed E-state index contributed by atoms with van der Waals surface area (Å²) < 4.78 is 10.9. The minimum Gasteiger partial charge on any atom is -0.382 e. The molecule has 3 heteroatoms. The van der Waals surface area contributed by atoms with Crippen molar-refractivity contribution in [1.29, 1.82) is 0 Å². The lowest BCUT2D eigenvalue weighted by atomic mass is 9.82. The van der Waals surface area contributed by atoms with E-state index in [1.165, 1.54) is 25.7 Å². The van der Waals surface area contributed by atoms with Crippen molar-refractivity contribution in [2.45, 2.75) is 52.6 Å². The summed E-state index contributed by atoms with van der Waals surface area (Å²) in [6, 6.07) is 0. The molecule has 0 rings (SSSR count). The highest BCUT2D eigenvalue weighted by molar-refractivity contribution is 7.80. The zero-order valence-corrected chi connectivity index (χ0v) is 12.2. The molecule has 0 bridgehead atoms. The summed E-state index contributed by atoms with van der Waals surface area (Å²) in [5, 5.41) is 0. The molecule has 0 aliphatic rings. The molecule has 0 spiro atoms. The van der Waals surface area contributed by atoms with Crippen molar-refractivity contribution < 1.29 is 9.47 Å². The van der Waals surface area contributed by atoms with Crippen molar-refractivity contribution in [3.05, 3.63) is 0 Å². The highest BCUT2D eigenvalue weighted by atomic mass is 32.1. The van der Waals surface area contributed by atoms with Crippen LogP contribution in [-0.2, 0) is 9.47 Å². The maximum Gasteiger partial charge on any atom is 0.0780 e. The van der Waals surface area contributed by atoms with E-state index in [-0.39, 0.29) is 11.5 Å². The van der Waals surface area contributed by atoms with Gasteiger partial charge in [0, 0.05) is 12.5 Å². The summed E-state index contributed by atoms with van der Waals surface area (Å²) in [4.78, 5) is 0. The Hall–Kier alpha value is 0.270. The van der Waals surface area contributed by atoms with Crippen LogP contribution < -0.4 is 0 Å². The van der Waals surface area contributed by atoms with E-state index in [2.05, 4.69) is 33.4 Å². The summed E-state index contributed by atoms with van der Waals surface area (Å²) in [6.07, 6.45) is 4.97. The molecule has 0 aromatic heterocycles. The Labute approximate surface area is 107 Å². The van der Waals surface area contributed by atoms with Crippen LogP contribution in [0.4, 0.5) is 0 Å². The first-order valence-electron chi connectivity index (χ1n) is 6.35. The highest BCUT2D eigenvalue weighted by Crippen LogP contribution is 2.32. The normalized spacial score (nSPS) is 14.1. The monoisotopic (exact) mass is 248 g/mol. The first-order chi connectivity index (χ1) is 7.64. The molecule has 0 aliphatic heterocycles. The van der Waals surface area contributed by atoms with Crippen LogP contribution in [0, 0.1) is 5.41 Å². The first-order valence-corrected chi connectivity index (χ1v) is 6.98. The van der Waals surface area contributed by atoms with Crippen LogP contribution in [0.2, 0.25) is 0 Å². The molecule has 0 N–H and O–H groups in total. The third-order valence-corrected chi connectivity index (χ3v) is 3.64. The van der Waals surface area contributed by atoms with Gasteiger partial charge < -0.3 is 9.47 Å². The van der Waals surface area contributed by atoms with E-state index in [4.69, 9.17) is 9.47 Å². The SMILES string of the molecule is CCCC(CS)(CCC)COC(C)COC. The number of hydrogen-bond donors (Lipinski definition) is 1. The van der Waals surface area contributed by atoms with Crippen molar-refractivity contribution in [1.82, 2.24) is 0 Å². The molecule has 2 nitrogen and oxygen atoms in total. The molecule has 0 aromatic carbocycles. The number of rotatable bonds is 10. The molecule has 98 valence electrons. The van der Waals surface area contributed by atoms with E-state index >= 15 is 0 Å². The predicted molar refractivity (Wildman–Crippen MR) is 73.4 cm³/mol. The van der Waals surface area contributed by atoms with Gasteiger partial charge in [0.1, 0.15) is 0 Å². The molecule has 0 fully saturated rings. The van der Waals surface area contributed by atoms with Crippen LogP contribution in [0.5, 0.6) is 0 Å². The van der Waals surface area contributed by atoms with Crippen LogP contribution in [-0.4, -0.2) is 32.2 Å². The van der Waals surface area contributed by atoms with E-state index < -0.39 is 0 Å². The Kier molecular flexibility index (Phi) is 9.47. The van der Waals surface area contributed by atoms with Crippen molar-refractivity contribution in [3.63, 3.8) is 0 Å². The van der Waals surface area contributed by atoms with E-state index in [0.29, 0.717) is 6.61 Å². The largest absolute Gasteiger partial charge is 0.382 e. The maximum atomic E-state index is 5.87. The van der Waals surface area contributed by atoms with E-state index in [9.17, 15) is 0 Å². The summed E-state index contributed by atoms with van der Waals surface area (Å²) >= 11 is 4.51. The van der Waals surface area contributed by atoms with Gasteiger partial charge in [-0.1, -0.05) is 26.7 Å². The average Bonchev–Trinajstić information content (AvgIpc) is 2.27. The predicted octanol–water partition coefficient (Wildman–Crippen LogP) is 3.55. The van der Waals surface area contributed by atoms with Crippen molar-refractivity contribution >= 4 is 12.6 Å². The molecule has 0 aliphatic carbocycles. The second-order valence-corrected chi connectivity index (χ2v) is 5.05. The highest BCUT2D eigenvalue weighted by Gasteiger charge is 2.27. The second kappa shape index (κ2) is 9.32. The summed E-state index contributed by atoms with van der Waals surface area (Å²) in [5.74, 6) is 0.911. The molecule has 0 radical (unpaired) electrons. The second-order valence-electron chi connectivity index (χ2n) is 4.74. The molecular formula is C13H28O2S. The standard InChI is InChI=1S/C13H28O2S/c1-5-7-13(11-16,8-6-2)10-15-12(3)9-14-4/h12,16H,5-11H2,1-4H3. The fourth-order valence-electron chi connectivity index (χ4n) is 2.14. The topological polar surface area (TPSA) is 18.5 Å². The lowest BCUT2D eigenvalue weighted by Crippen LogP contribution is -2.32. The van der Waals surface area contributed by atoms with Gasteiger partial charge in [0.15, 0.2) is 0 Å². The molecule has 0 amide bonds. The van der Waals surface area contributed by atoms with Crippen molar-refractivity contribution in [2.24, 2.45) is 5.41 Å². The van der Waals surface area contributed by atoms with Gasteiger partial charge in [0.05, 0.1) is 19.3 Å². The number of methoxy groups -OCH3 is 1. The van der Waals surface area contributed by atoms with Gasteiger partial charge in [0.2, 0.25) is 0 Å². The van der Waals surface area contributed by atoms with Gasteiger partial charge >= 0.3 is 0 Å². The molecule has 0 heterocycles. The molecule has 0 aromatic rings. The Morgan fingerprint density at radius 2 is 1.75 bits per heavy atom. The Morgan fingerprint density at radius 1 is 1.19 bits per heavy atom. The van der Waals surface area contributed by atoms with E-state index in [0.717, 1.165) is 12.4 Å². The lowest BCUT2D eigenvalue weighted by Gasteiger charge is -2.32. The Balaban J connectivity index is 4.17. The maximum absolute atomic E-state index is 5.87. The minimum absolute atomic E-state index is 0.179. The summed E-state index contributed by atoms with van der Waals surface area (Å²) in [7, 11) is 1.71. The third kappa shape index (κ3) is 6.12. The number of hydrogen-bond acceptors (Lipinski definition) is 3. The smallest absolute Gasteiger partial charge is 0.0780 e. The number of ether oxygens (including phenoxy) is 2. The molecule has 0 saturated heterocycles. The van der Waals surface area contributed by atoms with Gasteiger partial charge in [-0.2, -0.15) is 12.6 Å². The number of thiol groups is 1. The van der Waals surface area contributed by atoms with Crippen molar-refractivity contribution in [2.75, 3.05) is 26.1 Å². The van der Waals surface area contributed by atoms with Gasteiger partial charge in [-0.3, -0.25) is 0 Å². The van der Waals surface area contributed by atoms with E-state index in [1.54, 1.807) is 7.11 Å². The Morgan fingerprint density at radius 3 is 2.12 bits per heavy atom. The third-order valence-electron chi connectivity index (χ3n) is 2.97. The lowest BCUT2D eigenvalue weighted by molar-refractivity contribution is -0.0328. The summed E-state index contributed by atoms with van der Waals surface area (Å²) in [6.45, 7) is 7.99. The van der Waals surface area contributed by atoms with Crippen LogP contribution in [0.1, 0.15) is 46.5 Å². The van der Waals surface area contributed by atoms with Crippen molar-refractivity contribution in [3.8, 4) is 0 Å². The van der Waals surface area contributed by atoms with Crippen LogP contribution >= 0.6 is 12.6 Å². The fraction of sp³-hybridized carbons (Fsp3) is 1.00. The molecule has 1 atom stereocenters. The zero-order chi connectivity index (χ0) is 12.4. The van der Waals surface area contributed by atoms with Gasteiger partial charge in [-0.15, -0.1) is 0 Å². The molecule has 16 heavy (non-hydrogen) atoms. The quantitative estimate of drug-likeness (QED) is 0.596. The fourth-order valence-corrected chi connectivity index (χ4v) is 2.54. The molecule has 1 unspecified atom stereocenters. The van der Waals surface area contributed by atoms with Crippen LogP contribution in [0.15, 0.2) is 0 Å². The minimum atomic E-state index is 0.179.